The molecular formula is C22H28N2O2. The molecule has 26 heavy (non-hydrogen) atoms. The maximum Gasteiger partial charge on any atom is 0.255 e. The molecule has 0 aromatic heterocycles. The average molecular weight is 352 g/mol. The summed E-state index contributed by atoms with van der Waals surface area (Å²) in [4.78, 5) is 24.4. The number of nitrogens with one attached hydrogen (secondary N) is 2. The van der Waals surface area contributed by atoms with Gasteiger partial charge in [0, 0.05) is 22.9 Å². The normalized spacial score (nSPS) is 11.6. The summed E-state index contributed by atoms with van der Waals surface area (Å²) in [5.41, 5.74) is 1.87. The minimum absolute atomic E-state index is 0.0751. The van der Waals surface area contributed by atoms with E-state index in [9.17, 15) is 9.59 Å². The van der Waals surface area contributed by atoms with E-state index in [0.717, 1.165) is 12.8 Å². The van der Waals surface area contributed by atoms with Gasteiger partial charge < -0.3 is 10.6 Å². The fourth-order valence-electron chi connectivity index (χ4n) is 2.75. The molecule has 1 unspecified atom stereocenters. The van der Waals surface area contributed by atoms with Gasteiger partial charge in [-0.15, -0.1) is 0 Å². The van der Waals surface area contributed by atoms with Gasteiger partial charge in [-0.05, 0) is 49.7 Å². The van der Waals surface area contributed by atoms with Crippen LogP contribution in [0.2, 0.25) is 0 Å². The summed E-state index contributed by atoms with van der Waals surface area (Å²) >= 11 is 0. The van der Waals surface area contributed by atoms with Gasteiger partial charge in [-0.3, -0.25) is 9.59 Å². The molecule has 4 nitrogen and oxygen atoms in total. The molecule has 0 aliphatic carbocycles. The van der Waals surface area contributed by atoms with Crippen molar-refractivity contribution >= 4 is 17.5 Å². The van der Waals surface area contributed by atoms with Crippen LogP contribution in [0.25, 0.3) is 0 Å². The van der Waals surface area contributed by atoms with E-state index in [1.807, 2.05) is 25.1 Å². The number of unbranched alkanes of at least 4 members (excludes halogenated alkanes) is 3. The molecule has 2 aromatic carbocycles. The van der Waals surface area contributed by atoms with Gasteiger partial charge in [0.05, 0.1) is 0 Å². The Morgan fingerprint density at radius 2 is 1.50 bits per heavy atom. The van der Waals surface area contributed by atoms with Gasteiger partial charge >= 0.3 is 0 Å². The molecule has 1 atom stereocenters. The fraction of sp³-hybridized carbons (Fsp3) is 0.364. The Labute approximate surface area is 156 Å². The Morgan fingerprint density at radius 3 is 2.15 bits per heavy atom. The van der Waals surface area contributed by atoms with E-state index in [1.54, 1.807) is 36.4 Å². The average Bonchev–Trinajstić information content (AvgIpc) is 2.66. The Bertz CT molecular complexity index is 696. The van der Waals surface area contributed by atoms with Crippen LogP contribution in [0.3, 0.4) is 0 Å². The molecule has 4 heteroatoms. The van der Waals surface area contributed by atoms with Crippen LogP contribution >= 0.6 is 0 Å². The lowest BCUT2D eigenvalue weighted by molar-refractivity contribution is 0.0937. The highest BCUT2D eigenvalue weighted by Crippen LogP contribution is 2.12. The molecule has 2 N–H and O–H groups in total. The van der Waals surface area contributed by atoms with Crippen LogP contribution in [0, 0.1) is 0 Å². The van der Waals surface area contributed by atoms with Gasteiger partial charge in [0.2, 0.25) is 0 Å². The van der Waals surface area contributed by atoms with Gasteiger partial charge in [0.15, 0.2) is 0 Å². The summed E-state index contributed by atoms with van der Waals surface area (Å²) in [7, 11) is 0. The van der Waals surface area contributed by atoms with Crippen molar-refractivity contribution < 1.29 is 9.59 Å². The first-order valence-corrected chi connectivity index (χ1v) is 9.37. The van der Waals surface area contributed by atoms with E-state index in [0.29, 0.717) is 16.8 Å². The molecule has 0 bridgehead atoms. The molecule has 2 amide bonds. The van der Waals surface area contributed by atoms with Crippen LogP contribution in [-0.2, 0) is 0 Å². The van der Waals surface area contributed by atoms with Crippen molar-refractivity contribution in [3.05, 3.63) is 65.7 Å². The van der Waals surface area contributed by atoms with E-state index >= 15 is 0 Å². The van der Waals surface area contributed by atoms with Gasteiger partial charge in [-0.1, -0.05) is 50.8 Å². The predicted molar refractivity (Wildman–Crippen MR) is 107 cm³/mol. The Balaban J connectivity index is 1.84. The van der Waals surface area contributed by atoms with Crippen molar-refractivity contribution in [3.63, 3.8) is 0 Å². The van der Waals surface area contributed by atoms with Crippen molar-refractivity contribution in [2.45, 2.75) is 52.0 Å². The van der Waals surface area contributed by atoms with Gasteiger partial charge in [-0.2, -0.15) is 0 Å². The molecule has 0 heterocycles. The zero-order valence-corrected chi connectivity index (χ0v) is 15.6. The topological polar surface area (TPSA) is 58.2 Å². The van der Waals surface area contributed by atoms with Crippen molar-refractivity contribution in [2.75, 3.05) is 5.32 Å². The number of rotatable bonds is 9. The predicted octanol–water partition coefficient (Wildman–Crippen LogP) is 5.03. The van der Waals surface area contributed by atoms with Crippen molar-refractivity contribution in [1.82, 2.24) is 5.32 Å². The maximum atomic E-state index is 12.3. The number of hydrogen-bond acceptors (Lipinski definition) is 2. The summed E-state index contributed by atoms with van der Waals surface area (Å²) in [5.74, 6) is -0.238. The minimum Gasteiger partial charge on any atom is -0.350 e. The molecule has 0 fully saturated rings. The maximum absolute atomic E-state index is 12.3. The highest BCUT2D eigenvalue weighted by Gasteiger charge is 2.10. The van der Waals surface area contributed by atoms with Gasteiger partial charge in [0.25, 0.3) is 11.8 Å². The van der Waals surface area contributed by atoms with Crippen LogP contribution < -0.4 is 10.6 Å². The lowest BCUT2D eigenvalue weighted by Gasteiger charge is -2.14. The van der Waals surface area contributed by atoms with Crippen LogP contribution in [-0.4, -0.2) is 17.9 Å². The first-order valence-electron chi connectivity index (χ1n) is 9.37. The zero-order chi connectivity index (χ0) is 18.8. The lowest BCUT2D eigenvalue weighted by Crippen LogP contribution is -2.32. The molecular weight excluding hydrogens is 324 g/mol. The minimum atomic E-state index is -0.163. The number of carbonyl (C=O) groups is 2. The zero-order valence-electron chi connectivity index (χ0n) is 15.6. The second-order valence-electron chi connectivity index (χ2n) is 6.62. The second-order valence-corrected chi connectivity index (χ2v) is 6.62. The van der Waals surface area contributed by atoms with E-state index in [1.165, 1.54) is 19.3 Å². The number of carbonyl (C=O) groups excluding carboxylic acids is 2. The molecule has 0 aliphatic rings. The molecule has 2 aromatic rings. The smallest absolute Gasteiger partial charge is 0.255 e. The number of anilines is 1. The van der Waals surface area contributed by atoms with Crippen LogP contribution in [0.15, 0.2) is 54.6 Å². The molecule has 0 saturated carbocycles. The highest BCUT2D eigenvalue weighted by atomic mass is 16.2. The lowest BCUT2D eigenvalue weighted by atomic mass is 10.1. The SMILES string of the molecule is CCCCCCC(C)NC(=O)c1ccc(NC(=O)c2ccccc2)cc1. The quantitative estimate of drug-likeness (QED) is 0.622. The third-order valence-electron chi connectivity index (χ3n) is 4.31. The van der Waals surface area contributed by atoms with Crippen molar-refractivity contribution in [1.29, 1.82) is 0 Å². The van der Waals surface area contributed by atoms with Crippen LogP contribution in [0.1, 0.15) is 66.7 Å². The Kier molecular flexibility index (Phi) is 7.87. The van der Waals surface area contributed by atoms with Gasteiger partial charge in [0.1, 0.15) is 0 Å². The summed E-state index contributed by atoms with van der Waals surface area (Å²) < 4.78 is 0. The summed E-state index contributed by atoms with van der Waals surface area (Å²) in [6, 6.07) is 16.2. The van der Waals surface area contributed by atoms with Crippen LogP contribution in [0.5, 0.6) is 0 Å². The molecule has 0 radical (unpaired) electrons. The summed E-state index contributed by atoms with van der Waals surface area (Å²) in [6.07, 6.45) is 5.81. The first kappa shape index (κ1) is 19.7. The first-order chi connectivity index (χ1) is 12.6. The number of benzene rings is 2. The molecule has 0 spiro atoms. The van der Waals surface area contributed by atoms with E-state index in [-0.39, 0.29) is 17.9 Å². The molecule has 0 saturated heterocycles. The van der Waals surface area contributed by atoms with E-state index in [2.05, 4.69) is 17.6 Å². The highest BCUT2D eigenvalue weighted by molar-refractivity contribution is 6.04. The molecule has 138 valence electrons. The fourth-order valence-corrected chi connectivity index (χ4v) is 2.75. The van der Waals surface area contributed by atoms with E-state index < -0.39 is 0 Å². The standard InChI is InChI=1S/C22H28N2O2/c1-3-4-5-7-10-17(2)23-21(25)19-13-15-20(16-14-19)24-22(26)18-11-8-6-9-12-18/h6,8-9,11-17H,3-5,7,10H2,1-2H3,(H,23,25)(H,24,26). The van der Waals surface area contributed by atoms with Gasteiger partial charge in [-0.25, -0.2) is 0 Å². The molecule has 2 rings (SSSR count). The largest absolute Gasteiger partial charge is 0.350 e. The second kappa shape index (κ2) is 10.4. The summed E-state index contributed by atoms with van der Waals surface area (Å²) in [5, 5.41) is 5.87. The third kappa shape index (κ3) is 6.36. The number of amides is 2. The Morgan fingerprint density at radius 1 is 0.846 bits per heavy atom. The Hall–Kier alpha value is -2.62. The van der Waals surface area contributed by atoms with E-state index in [4.69, 9.17) is 0 Å². The molecule has 0 aliphatic heterocycles. The third-order valence-corrected chi connectivity index (χ3v) is 4.31. The van der Waals surface area contributed by atoms with Crippen LogP contribution in [0.4, 0.5) is 5.69 Å². The van der Waals surface area contributed by atoms with Crippen molar-refractivity contribution in [3.8, 4) is 0 Å². The summed E-state index contributed by atoms with van der Waals surface area (Å²) in [6.45, 7) is 4.23. The monoisotopic (exact) mass is 352 g/mol. The van der Waals surface area contributed by atoms with Crippen molar-refractivity contribution in [2.24, 2.45) is 0 Å². The number of hydrogen-bond donors (Lipinski definition) is 2.